The lowest BCUT2D eigenvalue weighted by molar-refractivity contribution is 0.0535. The fourth-order valence-electron chi connectivity index (χ4n) is 9.82. The normalized spacial score (nSPS) is 13.3. The van der Waals surface area contributed by atoms with Crippen LogP contribution in [-0.2, 0) is 10.8 Å². The fraction of sp³-hybridized carbons (Fsp3) is 0.815. The quantitative estimate of drug-likeness (QED) is 0.0661. The van der Waals surface area contributed by atoms with Crippen LogP contribution in [0.2, 0.25) is 0 Å². The van der Waals surface area contributed by atoms with Gasteiger partial charge in [0, 0.05) is 23.2 Å². The first-order valence-corrected chi connectivity index (χ1v) is 25.7. The molecule has 2 heterocycles. The van der Waals surface area contributed by atoms with Crippen molar-refractivity contribution in [3.63, 3.8) is 0 Å². The number of rotatable bonds is 39. The Labute approximate surface area is 361 Å². The Morgan fingerprint density at radius 2 is 0.621 bits per heavy atom. The lowest BCUT2D eigenvalue weighted by atomic mass is 9.67. The van der Waals surface area contributed by atoms with E-state index in [4.69, 9.17) is 9.97 Å². The molecule has 2 N–H and O–H groups in total. The summed E-state index contributed by atoms with van der Waals surface area (Å²) in [5.74, 6) is 0. The van der Waals surface area contributed by atoms with Crippen molar-refractivity contribution in [3.05, 3.63) is 47.8 Å². The Hall–Kier alpha value is -1.78. The molecule has 2 aromatic heterocycles. The molecule has 4 heteroatoms. The summed E-state index contributed by atoms with van der Waals surface area (Å²) in [5.41, 5.74) is 3.72. The molecule has 58 heavy (non-hydrogen) atoms. The Morgan fingerprint density at radius 3 is 0.879 bits per heavy atom. The molecule has 0 aromatic carbocycles. The largest absolute Gasteiger partial charge is 0.392 e. The molecule has 2 atom stereocenters. The predicted octanol–water partition coefficient (Wildman–Crippen LogP) is 16.7. The van der Waals surface area contributed by atoms with Gasteiger partial charge in [0.25, 0.3) is 0 Å². The van der Waals surface area contributed by atoms with Crippen molar-refractivity contribution in [3.8, 4) is 11.4 Å². The van der Waals surface area contributed by atoms with E-state index in [0.717, 1.165) is 88.4 Å². The van der Waals surface area contributed by atoms with Gasteiger partial charge in [0.2, 0.25) is 0 Å². The lowest BCUT2D eigenvalue weighted by Gasteiger charge is -2.40. The summed E-state index contributed by atoms with van der Waals surface area (Å²) < 4.78 is 0. The number of aliphatic hydroxyl groups excluding tert-OH is 2. The second kappa shape index (κ2) is 32.9. The summed E-state index contributed by atoms with van der Waals surface area (Å²) in [4.78, 5) is 10.3. The second-order valence-corrected chi connectivity index (χ2v) is 18.6. The molecule has 0 fully saturated rings. The minimum absolute atomic E-state index is 0.255. The molecular weight excluding hydrogens is 709 g/mol. The van der Waals surface area contributed by atoms with Crippen LogP contribution in [0.25, 0.3) is 11.4 Å². The maximum atomic E-state index is 12.2. The topological polar surface area (TPSA) is 66.2 Å². The molecule has 0 saturated carbocycles. The van der Waals surface area contributed by atoms with E-state index in [0.29, 0.717) is 0 Å². The van der Waals surface area contributed by atoms with Crippen LogP contribution in [0.1, 0.15) is 271 Å². The van der Waals surface area contributed by atoms with E-state index < -0.39 is 0 Å². The van der Waals surface area contributed by atoms with Crippen molar-refractivity contribution in [1.82, 2.24) is 9.97 Å². The second-order valence-electron chi connectivity index (χ2n) is 18.6. The molecule has 0 radical (unpaired) electrons. The molecule has 2 unspecified atom stereocenters. The van der Waals surface area contributed by atoms with Crippen LogP contribution in [0.5, 0.6) is 0 Å². The number of hydrogen-bond donors (Lipinski definition) is 2. The van der Waals surface area contributed by atoms with Crippen LogP contribution < -0.4 is 0 Å². The van der Waals surface area contributed by atoms with Crippen molar-refractivity contribution < 1.29 is 10.2 Å². The highest BCUT2D eigenvalue weighted by atomic mass is 16.3. The molecule has 0 aliphatic carbocycles. The van der Waals surface area contributed by atoms with Crippen molar-refractivity contribution in [2.24, 2.45) is 0 Å². The highest BCUT2D eigenvalue weighted by molar-refractivity contribution is 5.55. The molecule has 0 aliphatic rings. The van der Waals surface area contributed by atoms with Gasteiger partial charge in [0.1, 0.15) is 0 Å². The van der Waals surface area contributed by atoms with Gasteiger partial charge in [0.15, 0.2) is 0 Å². The van der Waals surface area contributed by atoms with Gasteiger partial charge in [-0.25, -0.2) is 0 Å². The van der Waals surface area contributed by atoms with E-state index in [1.165, 1.54) is 152 Å². The predicted molar refractivity (Wildman–Crippen MR) is 254 cm³/mol. The van der Waals surface area contributed by atoms with E-state index in [9.17, 15) is 10.2 Å². The first-order chi connectivity index (χ1) is 28.4. The average Bonchev–Trinajstić information content (AvgIpc) is 3.25. The Bertz CT molecular complexity index is 1090. The molecule has 4 nitrogen and oxygen atoms in total. The molecule has 2 rings (SSSR count). The molecule has 0 amide bonds. The highest BCUT2D eigenvalue weighted by Gasteiger charge is 2.40. The third-order valence-corrected chi connectivity index (χ3v) is 13.8. The number of hydrogen-bond acceptors (Lipinski definition) is 4. The van der Waals surface area contributed by atoms with E-state index in [-0.39, 0.29) is 23.0 Å². The zero-order valence-electron chi connectivity index (χ0n) is 39.4. The van der Waals surface area contributed by atoms with Crippen LogP contribution in [0, 0.1) is 0 Å². The minimum Gasteiger partial charge on any atom is -0.392 e. The Balaban J connectivity index is 2.46. The summed E-state index contributed by atoms with van der Waals surface area (Å²) in [7, 11) is 0. The van der Waals surface area contributed by atoms with E-state index in [2.05, 4.69) is 78.2 Å². The van der Waals surface area contributed by atoms with E-state index in [1.54, 1.807) is 0 Å². The Morgan fingerprint density at radius 1 is 0.362 bits per heavy atom. The van der Waals surface area contributed by atoms with Crippen LogP contribution in [-0.4, -0.2) is 32.4 Å². The minimum atomic E-state index is -0.350. The number of unbranched alkanes of at least 4 members (excludes halogenated alkanes) is 22. The first-order valence-electron chi connectivity index (χ1n) is 25.7. The molecule has 0 spiro atoms. The number of nitrogens with zero attached hydrogens (tertiary/aromatic N) is 2. The van der Waals surface area contributed by atoms with E-state index >= 15 is 0 Å². The van der Waals surface area contributed by atoms with Gasteiger partial charge in [0.05, 0.1) is 23.6 Å². The smallest absolute Gasteiger partial charge is 0.0886 e. The molecule has 0 bridgehead atoms. The maximum Gasteiger partial charge on any atom is 0.0886 e. The highest BCUT2D eigenvalue weighted by Crippen LogP contribution is 2.43. The standard InChI is InChI=1S/C54H96N2O2/c1-7-13-19-25-27-29-35-51(57)53(41-31-21-15-9-3,42-32-22-16-10-4)47-37-39-49(55-45-47)50-40-38-48(46-56-50)54(43-33-23-17-11-5,44-34-24-18-12-6)52(58)36-30-28-26-20-14-8-2/h37-40,45-46,51-52,57-58H,7-36,41-44H2,1-6H3. The molecule has 0 saturated heterocycles. The lowest BCUT2D eigenvalue weighted by Crippen LogP contribution is -2.40. The molecule has 0 aliphatic heterocycles. The maximum absolute atomic E-state index is 12.2. The molecular formula is C54H96N2O2. The monoisotopic (exact) mass is 805 g/mol. The summed E-state index contributed by atoms with van der Waals surface area (Å²) in [6.45, 7) is 13.7. The van der Waals surface area contributed by atoms with E-state index in [1.807, 2.05) is 0 Å². The Kier molecular flexibility index (Phi) is 29.7. The van der Waals surface area contributed by atoms with Crippen molar-refractivity contribution in [1.29, 1.82) is 0 Å². The third kappa shape index (κ3) is 18.9. The van der Waals surface area contributed by atoms with Crippen LogP contribution in [0.15, 0.2) is 36.7 Å². The number of aliphatic hydroxyl groups is 2. The summed E-state index contributed by atoms with van der Waals surface area (Å²) in [6.07, 6.45) is 43.8. The van der Waals surface area contributed by atoms with Gasteiger partial charge in [-0.2, -0.15) is 0 Å². The summed E-state index contributed by atoms with van der Waals surface area (Å²) in [6, 6.07) is 8.94. The van der Waals surface area contributed by atoms with Crippen molar-refractivity contribution in [2.75, 3.05) is 0 Å². The number of pyridine rings is 2. The van der Waals surface area contributed by atoms with Gasteiger partial charge in [-0.1, -0.05) is 233 Å². The average molecular weight is 805 g/mol. The first kappa shape index (κ1) is 52.4. The third-order valence-electron chi connectivity index (χ3n) is 13.8. The van der Waals surface area contributed by atoms with Gasteiger partial charge in [-0.05, 0) is 61.8 Å². The van der Waals surface area contributed by atoms with Crippen molar-refractivity contribution >= 4 is 0 Å². The van der Waals surface area contributed by atoms with Crippen LogP contribution in [0.4, 0.5) is 0 Å². The van der Waals surface area contributed by atoms with Gasteiger partial charge >= 0.3 is 0 Å². The number of aromatic nitrogens is 2. The van der Waals surface area contributed by atoms with Crippen molar-refractivity contribution in [2.45, 2.75) is 283 Å². The SMILES string of the molecule is CCCCCCCCC(O)C(CCCCCC)(CCCCCC)c1ccc(-c2ccc(C(CCCCCC)(CCCCCC)C(O)CCCCCCCC)cn2)nc1. The zero-order chi connectivity index (χ0) is 42.2. The molecule has 2 aromatic rings. The zero-order valence-corrected chi connectivity index (χ0v) is 39.4. The fourth-order valence-corrected chi connectivity index (χ4v) is 9.82. The van der Waals surface area contributed by atoms with Gasteiger partial charge < -0.3 is 10.2 Å². The summed E-state index contributed by atoms with van der Waals surface area (Å²) in [5, 5.41) is 24.4. The van der Waals surface area contributed by atoms with Gasteiger partial charge in [-0.15, -0.1) is 0 Å². The van der Waals surface area contributed by atoms with Crippen LogP contribution >= 0.6 is 0 Å². The van der Waals surface area contributed by atoms with Crippen LogP contribution in [0.3, 0.4) is 0 Å². The van der Waals surface area contributed by atoms with Gasteiger partial charge in [-0.3, -0.25) is 9.97 Å². The summed E-state index contributed by atoms with van der Waals surface area (Å²) >= 11 is 0. The molecule has 334 valence electrons.